The Morgan fingerprint density at radius 2 is 2.00 bits per heavy atom. The standard InChI is InChI=1S/C13H13BN2/c15-10-14(16)13-8-6-12(7-9-13)11-4-2-1-3-5-11/h1-2,4,6-9H,3,5,16H2. The molecule has 2 N–H and O–H groups in total. The molecular formula is C13H13BN2. The van der Waals surface area contributed by atoms with Crippen LogP contribution in [0.1, 0.15) is 18.4 Å². The third-order valence-electron chi connectivity index (χ3n) is 2.79. The molecule has 16 heavy (non-hydrogen) atoms. The molecule has 0 heterocycles. The molecule has 0 fully saturated rings. The van der Waals surface area contributed by atoms with Crippen LogP contribution in [-0.4, -0.2) is 6.85 Å². The van der Waals surface area contributed by atoms with E-state index in [2.05, 4.69) is 18.2 Å². The lowest BCUT2D eigenvalue weighted by Gasteiger charge is -2.09. The second-order valence-corrected chi connectivity index (χ2v) is 3.89. The molecule has 0 radical (unpaired) electrons. The first-order valence-electron chi connectivity index (χ1n) is 5.42. The van der Waals surface area contributed by atoms with Gasteiger partial charge in [0.2, 0.25) is 0 Å². The summed E-state index contributed by atoms with van der Waals surface area (Å²) in [6, 6.07) is 7.94. The van der Waals surface area contributed by atoms with Gasteiger partial charge in [0.25, 0.3) is 0 Å². The van der Waals surface area contributed by atoms with Crippen molar-refractivity contribution in [2.24, 2.45) is 5.64 Å². The molecule has 1 aliphatic carbocycles. The normalized spacial score (nSPS) is 14.1. The Morgan fingerprint density at radius 3 is 2.56 bits per heavy atom. The Balaban J connectivity index is 2.23. The van der Waals surface area contributed by atoms with E-state index in [9.17, 15) is 0 Å². The summed E-state index contributed by atoms with van der Waals surface area (Å²) in [7, 11) is 0. The highest BCUT2D eigenvalue weighted by Crippen LogP contribution is 2.22. The number of nitriles is 1. The number of benzene rings is 1. The van der Waals surface area contributed by atoms with Crippen molar-refractivity contribution in [3.63, 3.8) is 0 Å². The van der Waals surface area contributed by atoms with Gasteiger partial charge in [0.05, 0.1) is 0 Å². The summed E-state index contributed by atoms with van der Waals surface area (Å²) in [4.78, 5) is 0. The Labute approximate surface area is 96.2 Å². The third-order valence-corrected chi connectivity index (χ3v) is 2.79. The highest BCUT2D eigenvalue weighted by molar-refractivity contribution is 6.77. The zero-order chi connectivity index (χ0) is 11.4. The van der Waals surface area contributed by atoms with Crippen molar-refractivity contribution in [3.8, 4) is 5.97 Å². The van der Waals surface area contributed by atoms with Crippen molar-refractivity contribution < 1.29 is 0 Å². The quantitative estimate of drug-likeness (QED) is 0.751. The smallest absolute Gasteiger partial charge is 0.353 e. The van der Waals surface area contributed by atoms with Gasteiger partial charge in [-0.2, -0.15) is 0 Å². The predicted octanol–water partition coefficient (Wildman–Crippen LogP) is 1.64. The molecular weight excluding hydrogens is 195 g/mol. The zero-order valence-electron chi connectivity index (χ0n) is 9.06. The van der Waals surface area contributed by atoms with Crippen molar-refractivity contribution in [2.75, 3.05) is 0 Å². The average Bonchev–Trinajstić information content (AvgIpc) is 2.39. The molecule has 0 aromatic heterocycles. The number of hydrogen-bond donors (Lipinski definition) is 1. The van der Waals surface area contributed by atoms with Crippen LogP contribution in [-0.2, 0) is 0 Å². The molecule has 0 amide bonds. The van der Waals surface area contributed by atoms with Crippen molar-refractivity contribution >= 4 is 17.9 Å². The fraction of sp³-hybridized carbons (Fsp3) is 0.154. The molecule has 3 heteroatoms. The Kier molecular flexibility index (Phi) is 3.23. The van der Waals surface area contributed by atoms with E-state index in [0.29, 0.717) is 0 Å². The van der Waals surface area contributed by atoms with E-state index in [1.54, 1.807) is 0 Å². The maximum Gasteiger partial charge on any atom is 0.376 e. The van der Waals surface area contributed by atoms with E-state index in [4.69, 9.17) is 10.9 Å². The first-order valence-corrected chi connectivity index (χ1v) is 5.42. The molecule has 0 unspecified atom stereocenters. The summed E-state index contributed by atoms with van der Waals surface area (Å²) < 4.78 is 0. The summed E-state index contributed by atoms with van der Waals surface area (Å²) in [5.74, 6) is 2.03. The molecule has 2 nitrogen and oxygen atoms in total. The number of nitrogens with zero attached hydrogens (tertiary/aromatic N) is 1. The maximum atomic E-state index is 8.71. The van der Waals surface area contributed by atoms with Crippen LogP contribution < -0.4 is 11.1 Å². The molecule has 0 spiro atoms. The largest absolute Gasteiger partial charge is 0.376 e. The number of hydrogen-bond acceptors (Lipinski definition) is 2. The predicted molar refractivity (Wildman–Crippen MR) is 68.0 cm³/mol. The zero-order valence-corrected chi connectivity index (χ0v) is 9.06. The monoisotopic (exact) mass is 208 g/mol. The van der Waals surface area contributed by atoms with Crippen LogP contribution in [0, 0.1) is 11.2 Å². The molecule has 0 aliphatic heterocycles. The van der Waals surface area contributed by atoms with Crippen molar-refractivity contribution in [2.45, 2.75) is 12.8 Å². The van der Waals surface area contributed by atoms with Crippen LogP contribution in [0.4, 0.5) is 0 Å². The average molecular weight is 208 g/mol. The second-order valence-electron chi connectivity index (χ2n) is 3.89. The third kappa shape index (κ3) is 2.24. The van der Waals surface area contributed by atoms with Gasteiger partial charge < -0.3 is 5.64 Å². The van der Waals surface area contributed by atoms with Crippen LogP contribution in [0.5, 0.6) is 0 Å². The van der Waals surface area contributed by atoms with Gasteiger partial charge in [0.15, 0.2) is 0 Å². The fourth-order valence-corrected chi connectivity index (χ4v) is 1.82. The molecule has 1 aromatic carbocycles. The highest BCUT2D eigenvalue weighted by atomic mass is 14.4. The van der Waals surface area contributed by atoms with Gasteiger partial charge in [-0.3, -0.25) is 0 Å². The van der Waals surface area contributed by atoms with E-state index < -0.39 is 6.85 Å². The van der Waals surface area contributed by atoms with Gasteiger partial charge in [-0.15, -0.1) is 0 Å². The summed E-state index contributed by atoms with van der Waals surface area (Å²) in [5.41, 5.74) is 9.08. The summed E-state index contributed by atoms with van der Waals surface area (Å²) >= 11 is 0. The fourth-order valence-electron chi connectivity index (χ4n) is 1.82. The van der Waals surface area contributed by atoms with E-state index in [-0.39, 0.29) is 0 Å². The van der Waals surface area contributed by atoms with Crippen molar-refractivity contribution in [1.29, 1.82) is 5.26 Å². The van der Waals surface area contributed by atoms with Crippen LogP contribution >= 0.6 is 0 Å². The summed E-state index contributed by atoms with van der Waals surface area (Å²) in [5, 5.41) is 8.71. The van der Waals surface area contributed by atoms with E-state index in [1.165, 1.54) is 11.1 Å². The van der Waals surface area contributed by atoms with Gasteiger partial charge in [-0.25, -0.2) is 5.26 Å². The lowest BCUT2D eigenvalue weighted by atomic mass is 9.59. The van der Waals surface area contributed by atoms with Crippen molar-refractivity contribution in [3.05, 3.63) is 48.1 Å². The molecule has 0 saturated heterocycles. The minimum atomic E-state index is -0.519. The molecule has 0 atom stereocenters. The summed E-state index contributed by atoms with van der Waals surface area (Å²) in [6.45, 7) is -0.519. The number of allylic oxidation sites excluding steroid dienone is 4. The Hall–Kier alpha value is -1.79. The van der Waals surface area contributed by atoms with Crippen LogP contribution in [0.15, 0.2) is 42.5 Å². The highest BCUT2D eigenvalue weighted by Gasteiger charge is 2.10. The van der Waals surface area contributed by atoms with Gasteiger partial charge in [-0.1, -0.05) is 42.5 Å². The Bertz CT molecular complexity index is 466. The first kappa shape index (κ1) is 10.7. The molecule has 0 saturated carbocycles. The van der Waals surface area contributed by atoms with Crippen LogP contribution in [0.25, 0.3) is 5.57 Å². The molecule has 2 rings (SSSR count). The van der Waals surface area contributed by atoms with Crippen molar-refractivity contribution in [1.82, 2.24) is 0 Å². The number of nitrogens with two attached hydrogens (primary N) is 1. The second kappa shape index (κ2) is 4.83. The van der Waals surface area contributed by atoms with E-state index >= 15 is 0 Å². The van der Waals surface area contributed by atoms with E-state index in [0.717, 1.165) is 18.3 Å². The summed E-state index contributed by atoms with van der Waals surface area (Å²) in [6.07, 6.45) is 8.59. The van der Waals surface area contributed by atoms with Gasteiger partial charge in [0.1, 0.15) is 0 Å². The SMILES string of the molecule is N#CB(N)c1ccc(C2=CC=CCC2)cc1. The first-order chi connectivity index (χ1) is 7.81. The van der Waals surface area contributed by atoms with Gasteiger partial charge >= 0.3 is 6.85 Å². The lowest BCUT2D eigenvalue weighted by Crippen LogP contribution is -2.38. The molecule has 0 bridgehead atoms. The lowest BCUT2D eigenvalue weighted by molar-refractivity contribution is 1.05. The van der Waals surface area contributed by atoms with Gasteiger partial charge in [-0.05, 0) is 29.4 Å². The minimum Gasteiger partial charge on any atom is -0.353 e. The number of rotatable bonds is 2. The molecule has 1 aliphatic rings. The van der Waals surface area contributed by atoms with Crippen LogP contribution in [0.2, 0.25) is 0 Å². The molecule has 1 aromatic rings. The van der Waals surface area contributed by atoms with Crippen LogP contribution in [0.3, 0.4) is 0 Å². The minimum absolute atomic E-state index is 0.519. The molecule has 78 valence electrons. The topological polar surface area (TPSA) is 49.8 Å². The van der Waals surface area contributed by atoms with Gasteiger partial charge in [0, 0.05) is 5.97 Å². The maximum absolute atomic E-state index is 8.71. The van der Waals surface area contributed by atoms with E-state index in [1.807, 2.05) is 30.2 Å². The Morgan fingerprint density at radius 1 is 1.25 bits per heavy atom.